The molecular weight excluding hydrogens is 349 g/mol. The fraction of sp³-hybridized carbons (Fsp3) is 0.235. The van der Waals surface area contributed by atoms with Gasteiger partial charge in [0.1, 0.15) is 11.0 Å². The van der Waals surface area contributed by atoms with Crippen LogP contribution in [-0.4, -0.2) is 27.7 Å². The summed E-state index contributed by atoms with van der Waals surface area (Å²) in [4.78, 5) is 18.0. The highest BCUT2D eigenvalue weighted by atomic mass is 19.4. The number of carbonyl (C=O) groups excluding carboxylic acids is 1. The summed E-state index contributed by atoms with van der Waals surface area (Å²) < 4.78 is 38.5. The van der Waals surface area contributed by atoms with Gasteiger partial charge in [0, 0.05) is 0 Å². The van der Waals surface area contributed by atoms with Crippen molar-refractivity contribution in [1.29, 1.82) is 0 Å². The van der Waals surface area contributed by atoms with E-state index >= 15 is 0 Å². The van der Waals surface area contributed by atoms with E-state index in [9.17, 15) is 18.0 Å². The predicted molar refractivity (Wildman–Crippen MR) is 87.0 cm³/mol. The van der Waals surface area contributed by atoms with Crippen LogP contribution >= 0.6 is 0 Å². The first kappa shape index (κ1) is 17.7. The van der Waals surface area contributed by atoms with Crippen LogP contribution in [0.3, 0.4) is 0 Å². The summed E-state index contributed by atoms with van der Waals surface area (Å²) in [5.74, 6) is -0.433. The van der Waals surface area contributed by atoms with Gasteiger partial charge in [-0.3, -0.25) is 4.79 Å². The lowest BCUT2D eigenvalue weighted by molar-refractivity contribution is -0.137. The summed E-state index contributed by atoms with van der Waals surface area (Å²) in [5, 5.41) is 10.1. The van der Waals surface area contributed by atoms with Crippen molar-refractivity contribution >= 4 is 16.9 Å². The fourth-order valence-corrected chi connectivity index (χ4v) is 2.40. The van der Waals surface area contributed by atoms with Crippen LogP contribution in [-0.2, 0) is 11.0 Å². The zero-order valence-electron chi connectivity index (χ0n) is 13.7. The van der Waals surface area contributed by atoms with E-state index in [1.54, 1.807) is 0 Å². The molecule has 0 spiro atoms. The number of rotatable bonds is 5. The van der Waals surface area contributed by atoms with Crippen LogP contribution in [0.25, 0.3) is 11.0 Å². The van der Waals surface area contributed by atoms with E-state index in [1.165, 1.54) is 6.07 Å². The van der Waals surface area contributed by atoms with Crippen LogP contribution in [0, 0.1) is 0 Å². The summed E-state index contributed by atoms with van der Waals surface area (Å²) in [6.45, 7) is 1.40. The Morgan fingerprint density at radius 2 is 1.96 bits per heavy atom. The highest BCUT2D eigenvalue weighted by molar-refractivity contribution is 5.78. The lowest BCUT2D eigenvalue weighted by Gasteiger charge is -2.14. The molecule has 0 bridgehead atoms. The Morgan fingerprint density at radius 3 is 2.65 bits per heavy atom. The summed E-state index contributed by atoms with van der Waals surface area (Å²) in [6.07, 6.45) is -4.49. The quantitative estimate of drug-likeness (QED) is 0.756. The number of hydrogen-bond donors (Lipinski definition) is 1. The summed E-state index contributed by atoms with van der Waals surface area (Å²) in [6, 6.07) is 12.1. The van der Waals surface area contributed by atoms with Crippen LogP contribution in [0.4, 0.5) is 13.2 Å². The van der Waals surface area contributed by atoms with Crippen molar-refractivity contribution in [2.75, 3.05) is 6.61 Å². The van der Waals surface area contributed by atoms with E-state index in [4.69, 9.17) is 4.84 Å². The molecule has 3 rings (SSSR count). The third-order valence-electron chi connectivity index (χ3n) is 3.74. The largest absolute Gasteiger partial charge is 0.416 e. The first-order valence-electron chi connectivity index (χ1n) is 7.75. The molecule has 1 atom stereocenters. The van der Waals surface area contributed by atoms with Crippen molar-refractivity contribution in [2.24, 2.45) is 0 Å². The van der Waals surface area contributed by atoms with Crippen molar-refractivity contribution in [2.45, 2.75) is 19.1 Å². The molecule has 6 nitrogen and oxygen atoms in total. The molecule has 1 amide bonds. The maximum absolute atomic E-state index is 12.8. The second kappa shape index (κ2) is 7.03. The van der Waals surface area contributed by atoms with E-state index < -0.39 is 24.3 Å². The lowest BCUT2D eigenvalue weighted by atomic mass is 10.1. The molecule has 1 heterocycles. The summed E-state index contributed by atoms with van der Waals surface area (Å²) in [5.41, 5.74) is 0.334. The Balaban J connectivity index is 1.66. The summed E-state index contributed by atoms with van der Waals surface area (Å²) >= 11 is 0. The van der Waals surface area contributed by atoms with Crippen molar-refractivity contribution in [3.05, 3.63) is 59.7 Å². The van der Waals surface area contributed by atoms with Crippen LogP contribution in [0.1, 0.15) is 24.1 Å². The van der Waals surface area contributed by atoms with Gasteiger partial charge in [0.25, 0.3) is 5.91 Å². The molecule has 3 aromatic rings. The molecular formula is C17H15F3N4O2. The Labute approximate surface area is 146 Å². The van der Waals surface area contributed by atoms with Gasteiger partial charge in [0.15, 0.2) is 6.61 Å². The maximum Gasteiger partial charge on any atom is 0.416 e. The molecule has 26 heavy (non-hydrogen) atoms. The van der Waals surface area contributed by atoms with Crippen molar-refractivity contribution < 1.29 is 22.8 Å². The normalized spacial score (nSPS) is 12.8. The van der Waals surface area contributed by atoms with Gasteiger partial charge in [-0.25, -0.2) is 0 Å². The van der Waals surface area contributed by atoms with Crippen molar-refractivity contribution in [3.63, 3.8) is 0 Å². The van der Waals surface area contributed by atoms with E-state index in [2.05, 4.69) is 15.6 Å². The van der Waals surface area contributed by atoms with Crippen LogP contribution in [0.15, 0.2) is 48.5 Å². The number of alkyl halides is 3. The number of aromatic nitrogens is 3. The Hall–Kier alpha value is -3.10. The zero-order valence-corrected chi connectivity index (χ0v) is 13.7. The zero-order chi connectivity index (χ0) is 18.7. The lowest BCUT2D eigenvalue weighted by Crippen LogP contribution is -2.33. The highest BCUT2D eigenvalue weighted by Gasteiger charge is 2.31. The van der Waals surface area contributed by atoms with Gasteiger partial charge in [0.2, 0.25) is 0 Å². The third kappa shape index (κ3) is 3.93. The van der Waals surface area contributed by atoms with Gasteiger partial charge in [-0.2, -0.15) is 13.2 Å². The van der Waals surface area contributed by atoms with E-state index in [1.807, 2.05) is 37.3 Å². The van der Waals surface area contributed by atoms with Crippen molar-refractivity contribution in [1.82, 2.24) is 20.5 Å². The molecule has 0 fully saturated rings. The Bertz CT molecular complexity index is 909. The molecule has 0 aliphatic carbocycles. The number of carbonyl (C=O) groups is 1. The number of fused-ring (bicyclic) bond motifs is 1. The van der Waals surface area contributed by atoms with Gasteiger partial charge in [-0.05, 0) is 35.9 Å². The average Bonchev–Trinajstić information content (AvgIpc) is 3.02. The SMILES string of the molecule is C[C@@H](NC(=O)COn1nnc2ccc(C(F)(F)F)cc21)c1ccccc1. The summed E-state index contributed by atoms with van der Waals surface area (Å²) in [7, 11) is 0. The fourth-order valence-electron chi connectivity index (χ4n) is 2.40. The molecule has 0 aliphatic heterocycles. The smallest absolute Gasteiger partial charge is 0.385 e. The standard InChI is InChI=1S/C17H15F3N4O2/c1-11(12-5-3-2-4-6-12)21-16(25)10-26-24-15-9-13(17(18,19)20)7-8-14(15)22-23-24/h2-9,11H,10H2,1H3,(H,21,25)/t11-/m1/s1. The number of benzene rings is 2. The molecule has 0 aliphatic rings. The molecule has 9 heteroatoms. The Morgan fingerprint density at radius 1 is 1.23 bits per heavy atom. The highest BCUT2D eigenvalue weighted by Crippen LogP contribution is 2.30. The van der Waals surface area contributed by atoms with E-state index in [0.29, 0.717) is 0 Å². The van der Waals surface area contributed by atoms with Gasteiger partial charge < -0.3 is 10.2 Å². The Kier molecular flexibility index (Phi) is 4.79. The molecule has 1 N–H and O–H groups in total. The molecule has 136 valence electrons. The predicted octanol–water partition coefficient (Wildman–Crippen LogP) is 2.76. The number of nitrogens with one attached hydrogen (secondary N) is 1. The number of amides is 1. The molecule has 2 aromatic carbocycles. The number of nitrogens with zero attached hydrogens (tertiary/aromatic N) is 3. The van der Waals surface area contributed by atoms with Gasteiger partial charge in [-0.15, -0.1) is 5.10 Å². The van der Waals surface area contributed by atoms with Crippen LogP contribution in [0.2, 0.25) is 0 Å². The second-order valence-electron chi connectivity index (χ2n) is 5.64. The molecule has 0 saturated heterocycles. The molecule has 0 saturated carbocycles. The van der Waals surface area contributed by atoms with Gasteiger partial charge >= 0.3 is 6.18 Å². The van der Waals surface area contributed by atoms with Crippen LogP contribution in [0.5, 0.6) is 0 Å². The van der Waals surface area contributed by atoms with Crippen LogP contribution < -0.4 is 10.2 Å². The first-order chi connectivity index (χ1) is 12.3. The number of halogens is 3. The minimum Gasteiger partial charge on any atom is -0.385 e. The van der Waals surface area contributed by atoms with Crippen molar-refractivity contribution in [3.8, 4) is 0 Å². The van der Waals surface area contributed by atoms with Gasteiger partial charge in [-0.1, -0.05) is 35.2 Å². The second-order valence-corrected chi connectivity index (χ2v) is 5.64. The minimum atomic E-state index is -4.49. The average molecular weight is 364 g/mol. The maximum atomic E-state index is 12.8. The van der Waals surface area contributed by atoms with E-state index in [-0.39, 0.29) is 17.1 Å². The molecule has 0 radical (unpaired) electrons. The molecule has 1 aromatic heterocycles. The number of hydrogen-bond acceptors (Lipinski definition) is 4. The molecule has 0 unspecified atom stereocenters. The van der Waals surface area contributed by atoms with E-state index in [0.717, 1.165) is 22.5 Å². The van der Waals surface area contributed by atoms with Gasteiger partial charge in [0.05, 0.1) is 11.6 Å². The first-order valence-corrected chi connectivity index (χ1v) is 7.75. The minimum absolute atomic E-state index is 0.0312. The topological polar surface area (TPSA) is 69.0 Å². The third-order valence-corrected chi connectivity index (χ3v) is 3.74. The monoisotopic (exact) mass is 364 g/mol.